The molecular formula is C29H29ClN4O3. The van der Waals surface area contributed by atoms with Crippen molar-refractivity contribution in [2.45, 2.75) is 13.0 Å². The summed E-state index contributed by atoms with van der Waals surface area (Å²) in [7, 11) is 1.58. The topological polar surface area (TPSA) is 77.8 Å². The Morgan fingerprint density at radius 2 is 1.57 bits per heavy atom. The summed E-state index contributed by atoms with van der Waals surface area (Å²) in [6.45, 7) is 5.44. The lowest BCUT2D eigenvalue weighted by Gasteiger charge is -2.37. The van der Waals surface area contributed by atoms with E-state index in [-0.39, 0.29) is 11.6 Å². The first-order valence-electron chi connectivity index (χ1n) is 12.3. The molecule has 1 saturated heterocycles. The fraction of sp³-hybridized carbons (Fsp3) is 0.241. The van der Waals surface area contributed by atoms with Gasteiger partial charge in [0.05, 0.1) is 17.1 Å². The minimum atomic E-state index is -0.601. The average Bonchev–Trinajstić information content (AvgIpc) is 2.92. The molecular weight excluding hydrogens is 488 g/mol. The van der Waals surface area contributed by atoms with Crippen molar-refractivity contribution in [3.63, 3.8) is 0 Å². The van der Waals surface area contributed by atoms with Crippen molar-refractivity contribution in [3.05, 3.63) is 99.3 Å². The van der Waals surface area contributed by atoms with Gasteiger partial charge in [0.1, 0.15) is 0 Å². The third kappa shape index (κ3) is 4.87. The minimum absolute atomic E-state index is 0.0000241. The SMILES string of the molecule is C[C@@H](NC(=O)c1c(O)c(=O)n(C)c2ccccc12)c1cccc(N2CCN(c3ccc(Cl)cc3)CC2)c1. The van der Waals surface area contributed by atoms with Gasteiger partial charge in [0.15, 0.2) is 5.75 Å². The van der Waals surface area contributed by atoms with E-state index in [1.807, 2.05) is 43.3 Å². The second-order valence-corrected chi connectivity index (χ2v) is 9.78. The van der Waals surface area contributed by atoms with Gasteiger partial charge in [-0.15, -0.1) is 0 Å². The summed E-state index contributed by atoms with van der Waals surface area (Å²) in [5.41, 5.74) is 3.19. The first-order valence-corrected chi connectivity index (χ1v) is 12.7. The van der Waals surface area contributed by atoms with E-state index in [1.54, 1.807) is 31.3 Å². The molecule has 0 saturated carbocycles. The highest BCUT2D eigenvalue weighted by atomic mass is 35.5. The van der Waals surface area contributed by atoms with Crippen LogP contribution in [0.25, 0.3) is 10.9 Å². The number of pyridine rings is 1. The molecule has 5 rings (SSSR count). The van der Waals surface area contributed by atoms with E-state index in [9.17, 15) is 14.7 Å². The summed E-state index contributed by atoms with van der Waals surface area (Å²) in [4.78, 5) is 30.5. The molecule has 1 atom stereocenters. The normalized spacial score (nSPS) is 14.6. The molecule has 4 aromatic rings. The molecule has 1 aliphatic rings. The Morgan fingerprint density at radius 3 is 2.27 bits per heavy atom. The molecule has 3 aromatic carbocycles. The van der Waals surface area contributed by atoms with E-state index < -0.39 is 17.2 Å². The van der Waals surface area contributed by atoms with Gasteiger partial charge < -0.3 is 24.8 Å². The fourth-order valence-electron chi connectivity index (χ4n) is 4.93. The molecule has 190 valence electrons. The van der Waals surface area contributed by atoms with Crippen LogP contribution < -0.4 is 20.7 Å². The van der Waals surface area contributed by atoms with Crippen molar-refractivity contribution >= 4 is 39.8 Å². The maximum absolute atomic E-state index is 13.3. The Hall–Kier alpha value is -3.97. The molecule has 1 aliphatic heterocycles. The fourth-order valence-corrected chi connectivity index (χ4v) is 5.05. The van der Waals surface area contributed by atoms with Crippen LogP contribution in [0.15, 0.2) is 77.6 Å². The maximum atomic E-state index is 13.3. The van der Waals surface area contributed by atoms with Crippen molar-refractivity contribution < 1.29 is 9.90 Å². The number of nitrogens with zero attached hydrogens (tertiary/aromatic N) is 3. The number of carbonyl (C=O) groups is 1. The number of rotatable bonds is 5. The monoisotopic (exact) mass is 516 g/mol. The lowest BCUT2D eigenvalue weighted by Crippen LogP contribution is -2.46. The van der Waals surface area contributed by atoms with Crippen molar-refractivity contribution in [2.75, 3.05) is 36.0 Å². The molecule has 0 bridgehead atoms. The Bertz CT molecular complexity index is 1510. The van der Waals surface area contributed by atoms with Gasteiger partial charge in [0, 0.05) is 55.0 Å². The lowest BCUT2D eigenvalue weighted by molar-refractivity contribution is 0.0938. The number of benzene rings is 3. The van der Waals surface area contributed by atoms with E-state index >= 15 is 0 Å². The Morgan fingerprint density at radius 1 is 0.919 bits per heavy atom. The largest absolute Gasteiger partial charge is 0.502 e. The molecule has 0 unspecified atom stereocenters. The van der Waals surface area contributed by atoms with Crippen LogP contribution in [0.4, 0.5) is 11.4 Å². The smallest absolute Gasteiger partial charge is 0.293 e. The number of nitrogens with one attached hydrogen (secondary N) is 1. The number of hydrogen-bond donors (Lipinski definition) is 2. The molecule has 37 heavy (non-hydrogen) atoms. The van der Waals surface area contributed by atoms with Crippen molar-refractivity contribution in [2.24, 2.45) is 7.05 Å². The lowest BCUT2D eigenvalue weighted by atomic mass is 10.0. The molecule has 8 heteroatoms. The third-order valence-electron chi connectivity index (χ3n) is 7.06. The second-order valence-electron chi connectivity index (χ2n) is 9.35. The molecule has 0 radical (unpaired) electrons. The van der Waals surface area contributed by atoms with Crippen LogP contribution in [0, 0.1) is 0 Å². The van der Waals surface area contributed by atoms with Crippen molar-refractivity contribution in [1.82, 2.24) is 9.88 Å². The molecule has 0 aliphatic carbocycles. The maximum Gasteiger partial charge on any atom is 0.293 e. The average molecular weight is 517 g/mol. The Balaban J connectivity index is 1.31. The standard InChI is InChI=1S/C29H29ClN4O3/c1-19(31-28(36)26-24-8-3-4-9-25(24)32(2)29(37)27(26)35)20-6-5-7-23(18-20)34-16-14-33(15-17-34)22-12-10-21(30)11-13-22/h3-13,18-19,35H,14-17H2,1-2H3,(H,31,36)/t19-/m1/s1. The molecule has 1 aromatic heterocycles. The predicted octanol–water partition coefficient (Wildman–Crippen LogP) is 4.72. The summed E-state index contributed by atoms with van der Waals surface area (Å²) >= 11 is 6.03. The molecule has 0 spiro atoms. The highest BCUT2D eigenvalue weighted by Crippen LogP contribution is 2.27. The van der Waals surface area contributed by atoms with Crippen LogP contribution in [0.3, 0.4) is 0 Å². The third-order valence-corrected chi connectivity index (χ3v) is 7.31. The van der Waals surface area contributed by atoms with Gasteiger partial charge in [-0.2, -0.15) is 0 Å². The number of aromatic nitrogens is 1. The van der Waals surface area contributed by atoms with E-state index in [4.69, 9.17) is 11.6 Å². The van der Waals surface area contributed by atoms with Gasteiger partial charge >= 0.3 is 0 Å². The van der Waals surface area contributed by atoms with Gasteiger partial charge in [-0.1, -0.05) is 41.9 Å². The number of amides is 1. The van der Waals surface area contributed by atoms with Gasteiger partial charge in [0.2, 0.25) is 0 Å². The first kappa shape index (κ1) is 24.7. The van der Waals surface area contributed by atoms with Gasteiger partial charge in [-0.3, -0.25) is 9.59 Å². The zero-order valence-electron chi connectivity index (χ0n) is 20.8. The summed E-state index contributed by atoms with van der Waals surface area (Å²) < 4.78 is 1.35. The summed E-state index contributed by atoms with van der Waals surface area (Å²) in [6, 6.07) is 22.8. The number of fused-ring (bicyclic) bond motifs is 1. The minimum Gasteiger partial charge on any atom is -0.502 e. The first-order chi connectivity index (χ1) is 17.8. The van der Waals surface area contributed by atoms with Crippen molar-refractivity contribution in [3.8, 4) is 5.75 Å². The summed E-state index contributed by atoms with van der Waals surface area (Å²) in [5.74, 6) is -1.03. The number of aromatic hydroxyl groups is 1. The van der Waals surface area contributed by atoms with Crippen LogP contribution >= 0.6 is 11.6 Å². The number of aryl methyl sites for hydroxylation is 1. The molecule has 2 N–H and O–H groups in total. The number of halogens is 1. The number of hydrogen-bond acceptors (Lipinski definition) is 5. The zero-order valence-corrected chi connectivity index (χ0v) is 21.6. The summed E-state index contributed by atoms with van der Waals surface area (Å²) in [6.07, 6.45) is 0. The number of piperazine rings is 1. The summed E-state index contributed by atoms with van der Waals surface area (Å²) in [5, 5.41) is 14.8. The molecule has 7 nitrogen and oxygen atoms in total. The quantitative estimate of drug-likeness (QED) is 0.401. The number of para-hydroxylation sites is 1. The molecule has 1 fully saturated rings. The highest BCUT2D eigenvalue weighted by molar-refractivity contribution is 6.30. The second kappa shape index (κ2) is 10.2. The van der Waals surface area contributed by atoms with E-state index in [2.05, 4.69) is 27.2 Å². The van der Waals surface area contributed by atoms with Crippen LogP contribution in [0.2, 0.25) is 5.02 Å². The van der Waals surface area contributed by atoms with Gasteiger partial charge in [0.25, 0.3) is 11.5 Å². The number of anilines is 2. The van der Waals surface area contributed by atoms with Crippen LogP contribution in [0.1, 0.15) is 28.9 Å². The predicted molar refractivity (Wildman–Crippen MR) is 149 cm³/mol. The van der Waals surface area contributed by atoms with Crippen LogP contribution in [-0.2, 0) is 7.05 Å². The zero-order chi connectivity index (χ0) is 26.1. The van der Waals surface area contributed by atoms with Crippen LogP contribution in [0.5, 0.6) is 5.75 Å². The molecule has 1 amide bonds. The van der Waals surface area contributed by atoms with E-state index in [0.717, 1.165) is 42.5 Å². The van der Waals surface area contributed by atoms with E-state index in [1.165, 1.54) is 10.3 Å². The van der Waals surface area contributed by atoms with Crippen LogP contribution in [-0.4, -0.2) is 41.8 Å². The Labute approximate surface area is 220 Å². The highest BCUT2D eigenvalue weighted by Gasteiger charge is 2.23. The Kier molecular flexibility index (Phi) is 6.80. The van der Waals surface area contributed by atoms with E-state index in [0.29, 0.717) is 10.9 Å². The molecule has 2 heterocycles. The van der Waals surface area contributed by atoms with Crippen molar-refractivity contribution in [1.29, 1.82) is 0 Å². The number of carbonyl (C=O) groups excluding carboxylic acids is 1. The van der Waals surface area contributed by atoms with Gasteiger partial charge in [-0.05, 0) is 55.0 Å². The van der Waals surface area contributed by atoms with Gasteiger partial charge in [-0.25, -0.2) is 0 Å².